The summed E-state index contributed by atoms with van der Waals surface area (Å²) in [7, 11) is 2.21. The second kappa shape index (κ2) is 7.24. The quantitative estimate of drug-likeness (QED) is 0.880. The summed E-state index contributed by atoms with van der Waals surface area (Å²) < 4.78 is 0. The van der Waals surface area contributed by atoms with Crippen molar-refractivity contribution in [3.63, 3.8) is 0 Å². The molecule has 0 aromatic heterocycles. The van der Waals surface area contributed by atoms with Crippen molar-refractivity contribution in [2.75, 3.05) is 13.6 Å². The van der Waals surface area contributed by atoms with Crippen LogP contribution in [0.2, 0.25) is 0 Å². The van der Waals surface area contributed by atoms with Crippen LogP contribution in [0.3, 0.4) is 0 Å². The van der Waals surface area contributed by atoms with Crippen LogP contribution in [0.1, 0.15) is 56.3 Å². The maximum absolute atomic E-state index is 10.3. The molecule has 2 nitrogen and oxygen atoms in total. The Hall–Kier alpha value is -0.860. The third-order valence-corrected chi connectivity index (χ3v) is 4.75. The van der Waals surface area contributed by atoms with Crippen LogP contribution in [0.5, 0.6) is 0 Å². The normalized spacial score (nSPS) is 24.9. The van der Waals surface area contributed by atoms with E-state index in [4.69, 9.17) is 0 Å². The summed E-state index contributed by atoms with van der Waals surface area (Å²) in [5.41, 5.74) is 2.29. The molecule has 0 spiro atoms. The molecule has 0 radical (unpaired) electrons. The third kappa shape index (κ3) is 4.32. The Morgan fingerprint density at radius 3 is 2.60 bits per heavy atom. The number of aryl methyl sites for hydroxylation is 1. The molecule has 1 N–H and O–H groups in total. The lowest BCUT2D eigenvalue weighted by Crippen LogP contribution is -2.36. The second-order valence-corrected chi connectivity index (χ2v) is 6.62. The molecule has 20 heavy (non-hydrogen) atoms. The van der Waals surface area contributed by atoms with Crippen molar-refractivity contribution in [1.29, 1.82) is 0 Å². The van der Waals surface area contributed by atoms with E-state index in [-0.39, 0.29) is 6.10 Å². The van der Waals surface area contributed by atoms with Gasteiger partial charge in [0, 0.05) is 12.6 Å². The minimum absolute atomic E-state index is 0.334. The van der Waals surface area contributed by atoms with Crippen molar-refractivity contribution in [2.45, 2.75) is 58.1 Å². The van der Waals surface area contributed by atoms with Gasteiger partial charge >= 0.3 is 0 Å². The minimum atomic E-state index is -0.334. The Bertz CT molecular complexity index is 400. The van der Waals surface area contributed by atoms with Gasteiger partial charge in [0.05, 0.1) is 6.10 Å². The van der Waals surface area contributed by atoms with E-state index < -0.39 is 0 Å². The Morgan fingerprint density at radius 2 is 1.95 bits per heavy atom. The van der Waals surface area contributed by atoms with E-state index in [9.17, 15) is 5.11 Å². The fourth-order valence-corrected chi connectivity index (χ4v) is 3.27. The Kier molecular flexibility index (Phi) is 5.62. The van der Waals surface area contributed by atoms with E-state index in [2.05, 4.69) is 37.9 Å². The molecule has 1 aliphatic rings. The van der Waals surface area contributed by atoms with E-state index in [1.165, 1.54) is 31.2 Å². The highest BCUT2D eigenvalue weighted by molar-refractivity contribution is 5.23. The average molecular weight is 275 g/mol. The molecule has 0 aliphatic heterocycles. The minimum Gasteiger partial charge on any atom is -0.388 e. The van der Waals surface area contributed by atoms with Crippen molar-refractivity contribution in [2.24, 2.45) is 5.92 Å². The summed E-state index contributed by atoms with van der Waals surface area (Å²) in [4.78, 5) is 2.45. The SMILES string of the molecule is Cc1ccc(C(O)CCN(C)C2CCCC(C)C2)cc1. The summed E-state index contributed by atoms with van der Waals surface area (Å²) in [6, 6.07) is 8.95. The van der Waals surface area contributed by atoms with Crippen LogP contribution < -0.4 is 0 Å². The summed E-state index contributed by atoms with van der Waals surface area (Å²) in [6.07, 6.45) is 5.87. The first kappa shape index (κ1) is 15.5. The van der Waals surface area contributed by atoms with Gasteiger partial charge in [-0.3, -0.25) is 0 Å². The molecule has 1 aromatic rings. The molecule has 1 fully saturated rings. The molecule has 1 aliphatic carbocycles. The van der Waals surface area contributed by atoms with E-state index >= 15 is 0 Å². The van der Waals surface area contributed by atoms with Crippen LogP contribution in [0, 0.1) is 12.8 Å². The second-order valence-electron chi connectivity index (χ2n) is 6.62. The van der Waals surface area contributed by atoms with Gasteiger partial charge in [0.15, 0.2) is 0 Å². The van der Waals surface area contributed by atoms with Gasteiger partial charge in [0.2, 0.25) is 0 Å². The zero-order chi connectivity index (χ0) is 14.5. The smallest absolute Gasteiger partial charge is 0.0802 e. The highest BCUT2D eigenvalue weighted by Gasteiger charge is 2.22. The van der Waals surface area contributed by atoms with Gasteiger partial charge in [-0.2, -0.15) is 0 Å². The summed E-state index contributed by atoms with van der Waals surface area (Å²) >= 11 is 0. The van der Waals surface area contributed by atoms with Crippen molar-refractivity contribution in [1.82, 2.24) is 4.90 Å². The molecular formula is C18H29NO. The lowest BCUT2D eigenvalue weighted by Gasteiger charge is -2.34. The molecular weight excluding hydrogens is 246 g/mol. The molecule has 1 saturated carbocycles. The summed E-state index contributed by atoms with van der Waals surface area (Å²) in [6.45, 7) is 5.42. The number of hydrogen-bond acceptors (Lipinski definition) is 2. The van der Waals surface area contributed by atoms with Crippen molar-refractivity contribution in [3.05, 3.63) is 35.4 Å². The number of aliphatic hydroxyl groups excluding tert-OH is 1. The number of aliphatic hydroxyl groups is 1. The largest absolute Gasteiger partial charge is 0.388 e. The molecule has 0 saturated heterocycles. The molecule has 0 heterocycles. The van der Waals surface area contributed by atoms with Crippen LogP contribution in [0.25, 0.3) is 0 Å². The van der Waals surface area contributed by atoms with Gasteiger partial charge < -0.3 is 10.0 Å². The highest BCUT2D eigenvalue weighted by atomic mass is 16.3. The summed E-state index contributed by atoms with van der Waals surface area (Å²) in [5.74, 6) is 0.859. The third-order valence-electron chi connectivity index (χ3n) is 4.75. The van der Waals surface area contributed by atoms with Gasteiger partial charge in [-0.1, -0.05) is 49.6 Å². The maximum Gasteiger partial charge on any atom is 0.0802 e. The lowest BCUT2D eigenvalue weighted by molar-refractivity contribution is 0.116. The Balaban J connectivity index is 1.80. The number of nitrogens with zero attached hydrogens (tertiary/aromatic N) is 1. The Labute approximate surface area is 123 Å². The van der Waals surface area contributed by atoms with E-state index in [1.54, 1.807) is 0 Å². The van der Waals surface area contributed by atoms with Gasteiger partial charge in [0.1, 0.15) is 0 Å². The first-order valence-electron chi connectivity index (χ1n) is 8.01. The van der Waals surface area contributed by atoms with Gasteiger partial charge in [0.25, 0.3) is 0 Å². The molecule has 2 rings (SSSR count). The average Bonchev–Trinajstić information content (AvgIpc) is 2.45. The zero-order valence-electron chi connectivity index (χ0n) is 13.2. The van der Waals surface area contributed by atoms with Gasteiger partial charge in [-0.15, -0.1) is 0 Å². The molecule has 2 heteroatoms. The van der Waals surface area contributed by atoms with Crippen molar-refractivity contribution < 1.29 is 5.11 Å². The maximum atomic E-state index is 10.3. The van der Waals surface area contributed by atoms with Crippen LogP contribution in [0.4, 0.5) is 0 Å². The molecule has 112 valence electrons. The first-order chi connectivity index (χ1) is 9.56. The fourth-order valence-electron chi connectivity index (χ4n) is 3.27. The van der Waals surface area contributed by atoms with Crippen LogP contribution >= 0.6 is 0 Å². The van der Waals surface area contributed by atoms with Crippen molar-refractivity contribution >= 4 is 0 Å². The standard InChI is InChI=1S/C18H29NO/c1-14-7-9-16(10-8-14)18(20)11-12-19(3)17-6-4-5-15(2)13-17/h7-10,15,17-18,20H,4-6,11-13H2,1-3H3. The number of rotatable bonds is 5. The van der Waals surface area contributed by atoms with Crippen LogP contribution in [-0.2, 0) is 0 Å². The molecule has 3 atom stereocenters. The monoisotopic (exact) mass is 275 g/mol. The van der Waals surface area contributed by atoms with Gasteiger partial charge in [-0.05, 0) is 44.7 Å². The predicted molar refractivity (Wildman–Crippen MR) is 84.8 cm³/mol. The Morgan fingerprint density at radius 1 is 1.25 bits per heavy atom. The molecule has 0 amide bonds. The number of hydrogen-bond donors (Lipinski definition) is 1. The predicted octanol–water partition coefficient (Wildman–Crippen LogP) is 3.93. The van der Waals surface area contributed by atoms with Crippen LogP contribution in [-0.4, -0.2) is 29.6 Å². The highest BCUT2D eigenvalue weighted by Crippen LogP contribution is 2.27. The lowest BCUT2D eigenvalue weighted by atomic mass is 9.86. The summed E-state index contributed by atoms with van der Waals surface area (Å²) in [5, 5.41) is 10.3. The van der Waals surface area contributed by atoms with Crippen molar-refractivity contribution in [3.8, 4) is 0 Å². The molecule has 3 unspecified atom stereocenters. The fraction of sp³-hybridized carbons (Fsp3) is 0.667. The van der Waals surface area contributed by atoms with Gasteiger partial charge in [-0.25, -0.2) is 0 Å². The molecule has 1 aromatic carbocycles. The molecule has 0 bridgehead atoms. The van der Waals surface area contributed by atoms with E-state index in [0.717, 1.165) is 24.4 Å². The topological polar surface area (TPSA) is 23.5 Å². The van der Waals surface area contributed by atoms with E-state index in [1.807, 2.05) is 12.1 Å². The number of benzene rings is 1. The zero-order valence-corrected chi connectivity index (χ0v) is 13.2. The van der Waals surface area contributed by atoms with Crippen LogP contribution in [0.15, 0.2) is 24.3 Å². The van der Waals surface area contributed by atoms with E-state index in [0.29, 0.717) is 6.04 Å². The first-order valence-corrected chi connectivity index (χ1v) is 8.01.